The summed E-state index contributed by atoms with van der Waals surface area (Å²) in [5, 5.41) is 0. The third kappa shape index (κ3) is 3.11. The van der Waals surface area contributed by atoms with Crippen molar-refractivity contribution in [3.63, 3.8) is 0 Å². The number of benzene rings is 2. The molecule has 0 aliphatic carbocycles. The highest BCUT2D eigenvalue weighted by molar-refractivity contribution is 5.75. The van der Waals surface area contributed by atoms with Crippen molar-refractivity contribution in [1.82, 2.24) is 4.57 Å². The van der Waals surface area contributed by atoms with Gasteiger partial charge in [-0.1, -0.05) is 18.2 Å². The largest absolute Gasteiger partial charge is 0.457 e. The summed E-state index contributed by atoms with van der Waals surface area (Å²) in [4.78, 5) is 11.6. The Balaban J connectivity index is 2.13. The topological polar surface area (TPSA) is 57.2 Å². The Hall–Kier alpha value is -3.01. The van der Waals surface area contributed by atoms with Crippen LogP contribution in [0.25, 0.3) is 11.1 Å². The molecule has 1 aromatic heterocycles. The number of aromatic nitrogens is 1. The molecule has 4 nitrogen and oxygen atoms in total. The van der Waals surface area contributed by atoms with Gasteiger partial charge in [-0.25, -0.2) is 0 Å². The molecule has 3 aromatic rings. The monoisotopic (exact) mass is 306 g/mol. The van der Waals surface area contributed by atoms with Gasteiger partial charge in [-0.3, -0.25) is 4.79 Å². The Bertz CT molecular complexity index is 899. The van der Waals surface area contributed by atoms with Crippen molar-refractivity contribution in [3.8, 4) is 22.6 Å². The maximum absolute atomic E-state index is 11.6. The van der Waals surface area contributed by atoms with Crippen LogP contribution >= 0.6 is 0 Å². The summed E-state index contributed by atoms with van der Waals surface area (Å²) in [7, 11) is 1.72. The lowest BCUT2D eigenvalue weighted by atomic mass is 10.0. The fourth-order valence-corrected chi connectivity index (χ4v) is 2.38. The number of nitrogen functional groups attached to an aromatic ring is 1. The van der Waals surface area contributed by atoms with Crippen molar-refractivity contribution in [2.45, 2.75) is 6.92 Å². The smallest absolute Gasteiger partial charge is 0.250 e. The Morgan fingerprint density at radius 1 is 1.04 bits per heavy atom. The zero-order chi connectivity index (χ0) is 16.4. The molecule has 2 aromatic carbocycles. The van der Waals surface area contributed by atoms with Gasteiger partial charge in [0.1, 0.15) is 11.5 Å². The molecule has 0 atom stereocenters. The van der Waals surface area contributed by atoms with E-state index >= 15 is 0 Å². The molecule has 0 aliphatic rings. The summed E-state index contributed by atoms with van der Waals surface area (Å²) in [6.07, 6.45) is 1.78. The van der Waals surface area contributed by atoms with Gasteiger partial charge >= 0.3 is 0 Å². The normalized spacial score (nSPS) is 10.5. The van der Waals surface area contributed by atoms with E-state index in [4.69, 9.17) is 10.5 Å². The summed E-state index contributed by atoms with van der Waals surface area (Å²) >= 11 is 0. The van der Waals surface area contributed by atoms with E-state index in [9.17, 15) is 4.79 Å². The minimum atomic E-state index is -0.0561. The molecule has 0 radical (unpaired) electrons. The van der Waals surface area contributed by atoms with Gasteiger partial charge in [-0.15, -0.1) is 0 Å². The number of rotatable bonds is 3. The van der Waals surface area contributed by atoms with Gasteiger partial charge in [0.15, 0.2) is 0 Å². The number of nitrogens with zero attached hydrogens (tertiary/aromatic N) is 1. The van der Waals surface area contributed by atoms with Gasteiger partial charge in [0, 0.05) is 36.1 Å². The van der Waals surface area contributed by atoms with Crippen molar-refractivity contribution >= 4 is 5.69 Å². The standard InChI is InChI=1S/C19H18N2O2/c1-13-10-18(23-15-6-4-3-5-7-15)16(11-17(13)20)14-8-9-19(22)21(2)12-14/h3-12H,20H2,1-2H3. The Morgan fingerprint density at radius 2 is 1.78 bits per heavy atom. The first-order chi connectivity index (χ1) is 11.0. The summed E-state index contributed by atoms with van der Waals surface area (Å²) in [6, 6.07) is 16.7. The number of ether oxygens (including phenoxy) is 1. The molecule has 23 heavy (non-hydrogen) atoms. The highest BCUT2D eigenvalue weighted by atomic mass is 16.5. The number of pyridine rings is 1. The average Bonchev–Trinajstić information content (AvgIpc) is 2.54. The van der Waals surface area contributed by atoms with Gasteiger partial charge in [-0.05, 0) is 42.8 Å². The fourth-order valence-electron chi connectivity index (χ4n) is 2.38. The van der Waals surface area contributed by atoms with Gasteiger partial charge in [-0.2, -0.15) is 0 Å². The molecule has 3 rings (SSSR count). The lowest BCUT2D eigenvalue weighted by Crippen LogP contribution is -2.14. The molecule has 1 heterocycles. The van der Waals surface area contributed by atoms with E-state index in [1.165, 1.54) is 10.6 Å². The second-order valence-electron chi connectivity index (χ2n) is 5.49. The summed E-state index contributed by atoms with van der Waals surface area (Å²) in [5.41, 5.74) is 9.38. The quantitative estimate of drug-likeness (QED) is 0.750. The highest BCUT2D eigenvalue weighted by Gasteiger charge is 2.11. The molecule has 0 amide bonds. The van der Waals surface area contributed by atoms with Gasteiger partial charge in [0.05, 0.1) is 0 Å². The number of anilines is 1. The van der Waals surface area contributed by atoms with E-state index in [2.05, 4.69) is 0 Å². The molecule has 0 fully saturated rings. The van der Waals surface area contributed by atoms with Crippen LogP contribution < -0.4 is 16.0 Å². The fraction of sp³-hybridized carbons (Fsp3) is 0.105. The molecule has 0 spiro atoms. The van der Waals surface area contributed by atoms with Crippen LogP contribution in [0.3, 0.4) is 0 Å². The van der Waals surface area contributed by atoms with E-state index < -0.39 is 0 Å². The third-order valence-corrected chi connectivity index (χ3v) is 3.74. The van der Waals surface area contributed by atoms with E-state index in [1.807, 2.05) is 49.4 Å². The maximum Gasteiger partial charge on any atom is 0.250 e. The molecule has 0 aliphatic heterocycles. The van der Waals surface area contributed by atoms with Crippen LogP contribution in [0, 0.1) is 6.92 Å². The predicted octanol–water partition coefficient (Wildman–Crippen LogP) is 3.74. The predicted molar refractivity (Wildman–Crippen MR) is 92.8 cm³/mol. The first kappa shape index (κ1) is 14.9. The number of hydrogen-bond donors (Lipinski definition) is 1. The van der Waals surface area contributed by atoms with Crippen LogP contribution in [0.15, 0.2) is 65.6 Å². The molecule has 0 bridgehead atoms. The van der Waals surface area contributed by atoms with Crippen molar-refractivity contribution in [2.75, 3.05) is 5.73 Å². The van der Waals surface area contributed by atoms with E-state index in [0.29, 0.717) is 11.4 Å². The zero-order valence-corrected chi connectivity index (χ0v) is 13.1. The zero-order valence-electron chi connectivity index (χ0n) is 13.1. The van der Waals surface area contributed by atoms with Crippen molar-refractivity contribution in [3.05, 3.63) is 76.7 Å². The molecule has 116 valence electrons. The Labute approximate surface area is 134 Å². The van der Waals surface area contributed by atoms with Gasteiger partial charge in [0.25, 0.3) is 0 Å². The van der Waals surface area contributed by atoms with Crippen LogP contribution in [-0.2, 0) is 7.05 Å². The minimum absolute atomic E-state index is 0.0561. The molecule has 0 unspecified atom stereocenters. The highest BCUT2D eigenvalue weighted by Crippen LogP contribution is 2.36. The van der Waals surface area contributed by atoms with Crippen LogP contribution in [0.1, 0.15) is 5.56 Å². The van der Waals surface area contributed by atoms with Crippen molar-refractivity contribution in [2.24, 2.45) is 7.05 Å². The molecular formula is C19H18N2O2. The molecule has 4 heteroatoms. The number of hydrogen-bond acceptors (Lipinski definition) is 3. The van der Waals surface area contributed by atoms with E-state index in [-0.39, 0.29) is 5.56 Å². The van der Waals surface area contributed by atoms with Gasteiger partial charge in [0.2, 0.25) is 5.56 Å². The maximum atomic E-state index is 11.6. The minimum Gasteiger partial charge on any atom is -0.457 e. The Kier molecular flexibility index (Phi) is 3.89. The first-order valence-corrected chi connectivity index (χ1v) is 7.34. The number of nitrogens with two attached hydrogens (primary N) is 1. The summed E-state index contributed by atoms with van der Waals surface area (Å²) in [6.45, 7) is 1.94. The molecule has 0 saturated heterocycles. The second kappa shape index (κ2) is 6.01. The average molecular weight is 306 g/mol. The lowest BCUT2D eigenvalue weighted by molar-refractivity contribution is 0.484. The molecule has 2 N–H and O–H groups in total. The van der Waals surface area contributed by atoms with Crippen molar-refractivity contribution < 1.29 is 4.74 Å². The number of aryl methyl sites for hydroxylation is 2. The second-order valence-corrected chi connectivity index (χ2v) is 5.49. The summed E-state index contributed by atoms with van der Waals surface area (Å²) < 4.78 is 7.57. The first-order valence-electron chi connectivity index (χ1n) is 7.34. The molecular weight excluding hydrogens is 288 g/mol. The van der Waals surface area contributed by atoms with Crippen LogP contribution in [0.5, 0.6) is 11.5 Å². The third-order valence-electron chi connectivity index (χ3n) is 3.74. The Morgan fingerprint density at radius 3 is 2.48 bits per heavy atom. The van der Waals surface area contributed by atoms with Crippen molar-refractivity contribution in [1.29, 1.82) is 0 Å². The molecule has 0 saturated carbocycles. The SMILES string of the molecule is Cc1cc(Oc2ccccc2)c(-c2ccc(=O)n(C)c2)cc1N. The van der Waals surface area contributed by atoms with Crippen LogP contribution in [-0.4, -0.2) is 4.57 Å². The van der Waals surface area contributed by atoms with Gasteiger partial charge < -0.3 is 15.0 Å². The van der Waals surface area contributed by atoms with Crippen LogP contribution in [0.2, 0.25) is 0 Å². The van der Waals surface area contributed by atoms with E-state index in [0.717, 1.165) is 22.4 Å². The number of para-hydroxylation sites is 1. The van der Waals surface area contributed by atoms with E-state index in [1.54, 1.807) is 19.3 Å². The summed E-state index contributed by atoms with van der Waals surface area (Å²) in [5.74, 6) is 1.46. The van der Waals surface area contributed by atoms with Crippen LogP contribution in [0.4, 0.5) is 5.69 Å². The lowest BCUT2D eigenvalue weighted by Gasteiger charge is -2.14.